The van der Waals surface area contributed by atoms with Gasteiger partial charge in [0.15, 0.2) is 0 Å². The molecule has 0 fully saturated rings. The number of carbonyl (C=O) groups excluding carboxylic acids is 1. The van der Waals surface area contributed by atoms with E-state index in [4.69, 9.17) is 9.47 Å². The van der Waals surface area contributed by atoms with E-state index in [0.29, 0.717) is 26.3 Å². The van der Waals surface area contributed by atoms with Crippen LogP contribution in [0.5, 0.6) is 11.5 Å². The highest BCUT2D eigenvalue weighted by Gasteiger charge is 2.00. The number of urea groups is 1. The van der Waals surface area contributed by atoms with Gasteiger partial charge in [0.2, 0.25) is 0 Å². The molecule has 0 aliphatic rings. The summed E-state index contributed by atoms with van der Waals surface area (Å²) >= 11 is 0. The van der Waals surface area contributed by atoms with Gasteiger partial charge in [0, 0.05) is 6.54 Å². The highest BCUT2D eigenvalue weighted by atomic mass is 16.5. The molecule has 0 aliphatic heterocycles. The molecule has 0 unspecified atom stereocenters. The van der Waals surface area contributed by atoms with E-state index in [0.717, 1.165) is 24.5 Å². The van der Waals surface area contributed by atoms with Gasteiger partial charge in [-0.3, -0.25) is 0 Å². The monoisotopic (exact) mass is 309 g/mol. The maximum atomic E-state index is 11.5. The van der Waals surface area contributed by atoms with Crippen molar-refractivity contribution in [3.8, 4) is 11.5 Å². The number of ether oxygens (including phenoxy) is 2. The Morgan fingerprint density at radius 3 is 2.23 bits per heavy atom. The summed E-state index contributed by atoms with van der Waals surface area (Å²) in [5.41, 5.74) is 0. The first-order chi connectivity index (χ1) is 10.6. The SMILES string of the molecule is CCOc1ccc(OCCNC(=O)NCCCN(C)C)cc1. The van der Waals surface area contributed by atoms with Crippen LogP contribution in [-0.4, -0.2) is 57.9 Å². The zero-order chi connectivity index (χ0) is 16.2. The van der Waals surface area contributed by atoms with Crippen molar-refractivity contribution in [2.45, 2.75) is 13.3 Å². The quantitative estimate of drug-likeness (QED) is 0.646. The second kappa shape index (κ2) is 10.7. The minimum atomic E-state index is -0.158. The molecule has 1 rings (SSSR count). The van der Waals surface area contributed by atoms with Crippen LogP contribution in [0.25, 0.3) is 0 Å². The number of nitrogens with zero attached hydrogens (tertiary/aromatic N) is 1. The van der Waals surface area contributed by atoms with E-state index in [1.807, 2.05) is 45.3 Å². The molecule has 0 radical (unpaired) electrons. The minimum Gasteiger partial charge on any atom is -0.494 e. The van der Waals surface area contributed by atoms with Gasteiger partial charge in [-0.2, -0.15) is 0 Å². The third kappa shape index (κ3) is 8.36. The summed E-state index contributed by atoms with van der Waals surface area (Å²) in [5, 5.41) is 5.57. The van der Waals surface area contributed by atoms with E-state index in [2.05, 4.69) is 15.5 Å². The van der Waals surface area contributed by atoms with Gasteiger partial charge in [-0.25, -0.2) is 4.79 Å². The molecule has 0 heterocycles. The number of rotatable bonds is 10. The topological polar surface area (TPSA) is 62.8 Å². The van der Waals surface area contributed by atoms with Gasteiger partial charge in [0.25, 0.3) is 0 Å². The number of hydrogen-bond donors (Lipinski definition) is 2. The molecular formula is C16H27N3O3. The Labute approximate surface area is 132 Å². The Morgan fingerprint density at radius 1 is 1.05 bits per heavy atom. The molecule has 2 N–H and O–H groups in total. The van der Waals surface area contributed by atoms with Crippen LogP contribution in [0.15, 0.2) is 24.3 Å². The summed E-state index contributed by atoms with van der Waals surface area (Å²) in [7, 11) is 4.02. The van der Waals surface area contributed by atoms with Gasteiger partial charge in [0.1, 0.15) is 18.1 Å². The third-order valence-electron chi connectivity index (χ3n) is 2.86. The molecule has 0 aliphatic carbocycles. The standard InChI is InChI=1S/C16H27N3O3/c1-4-21-14-6-8-15(9-7-14)22-13-11-18-16(20)17-10-5-12-19(2)3/h6-9H,4-5,10-13H2,1-3H3,(H2,17,18,20). The molecular weight excluding hydrogens is 282 g/mol. The highest BCUT2D eigenvalue weighted by molar-refractivity contribution is 5.73. The molecule has 0 spiro atoms. The summed E-state index contributed by atoms with van der Waals surface area (Å²) in [4.78, 5) is 13.6. The molecule has 0 aromatic heterocycles. The summed E-state index contributed by atoms with van der Waals surface area (Å²) in [6.07, 6.45) is 0.934. The average molecular weight is 309 g/mol. The third-order valence-corrected chi connectivity index (χ3v) is 2.86. The van der Waals surface area contributed by atoms with Gasteiger partial charge >= 0.3 is 6.03 Å². The first-order valence-corrected chi connectivity index (χ1v) is 7.64. The second-order valence-corrected chi connectivity index (χ2v) is 5.09. The molecule has 0 saturated heterocycles. The number of carbonyl (C=O) groups is 1. The lowest BCUT2D eigenvalue weighted by Crippen LogP contribution is -2.38. The lowest BCUT2D eigenvalue weighted by atomic mass is 10.3. The first-order valence-electron chi connectivity index (χ1n) is 7.64. The van der Waals surface area contributed by atoms with E-state index in [9.17, 15) is 4.79 Å². The normalized spacial score (nSPS) is 10.4. The fourth-order valence-corrected chi connectivity index (χ4v) is 1.79. The van der Waals surface area contributed by atoms with Crippen LogP contribution in [0.3, 0.4) is 0 Å². The van der Waals surface area contributed by atoms with Crippen molar-refractivity contribution in [2.24, 2.45) is 0 Å². The number of amides is 2. The van der Waals surface area contributed by atoms with Crippen LogP contribution in [-0.2, 0) is 0 Å². The summed E-state index contributed by atoms with van der Waals surface area (Å²) < 4.78 is 10.9. The Kier molecular flexibility index (Phi) is 8.83. The smallest absolute Gasteiger partial charge is 0.314 e. The zero-order valence-electron chi connectivity index (χ0n) is 13.7. The molecule has 1 aromatic carbocycles. The molecule has 1 aromatic rings. The van der Waals surface area contributed by atoms with Crippen LogP contribution < -0.4 is 20.1 Å². The predicted octanol–water partition coefficient (Wildman–Crippen LogP) is 1.71. The molecule has 0 atom stereocenters. The average Bonchev–Trinajstić information content (AvgIpc) is 2.50. The maximum Gasteiger partial charge on any atom is 0.314 e. The Balaban J connectivity index is 2.07. The van der Waals surface area contributed by atoms with E-state index in [1.165, 1.54) is 0 Å². The lowest BCUT2D eigenvalue weighted by Gasteiger charge is -2.11. The van der Waals surface area contributed by atoms with Crippen molar-refractivity contribution in [3.63, 3.8) is 0 Å². The van der Waals surface area contributed by atoms with E-state index < -0.39 is 0 Å². The summed E-state index contributed by atoms with van der Waals surface area (Å²) in [6, 6.07) is 7.28. The molecule has 124 valence electrons. The first kappa shape index (κ1) is 18.1. The molecule has 6 heteroatoms. The largest absolute Gasteiger partial charge is 0.494 e. The van der Waals surface area contributed by atoms with Gasteiger partial charge in [-0.05, 0) is 58.3 Å². The van der Waals surface area contributed by atoms with Crippen molar-refractivity contribution >= 4 is 6.03 Å². The highest BCUT2D eigenvalue weighted by Crippen LogP contribution is 2.17. The van der Waals surface area contributed by atoms with Crippen molar-refractivity contribution < 1.29 is 14.3 Å². The fourth-order valence-electron chi connectivity index (χ4n) is 1.79. The van der Waals surface area contributed by atoms with Gasteiger partial charge in [-0.1, -0.05) is 0 Å². The maximum absolute atomic E-state index is 11.5. The number of hydrogen-bond acceptors (Lipinski definition) is 4. The van der Waals surface area contributed by atoms with Crippen LogP contribution in [0, 0.1) is 0 Å². The van der Waals surface area contributed by atoms with Gasteiger partial charge in [0.05, 0.1) is 13.2 Å². The van der Waals surface area contributed by atoms with Crippen molar-refractivity contribution in [3.05, 3.63) is 24.3 Å². The van der Waals surface area contributed by atoms with Gasteiger partial charge < -0.3 is 25.0 Å². The fraction of sp³-hybridized carbons (Fsp3) is 0.562. The molecule has 22 heavy (non-hydrogen) atoms. The lowest BCUT2D eigenvalue weighted by molar-refractivity contribution is 0.236. The van der Waals surface area contributed by atoms with E-state index in [1.54, 1.807) is 0 Å². The Hall–Kier alpha value is -1.95. The van der Waals surface area contributed by atoms with Crippen molar-refractivity contribution in [1.29, 1.82) is 0 Å². The zero-order valence-corrected chi connectivity index (χ0v) is 13.7. The molecule has 0 bridgehead atoms. The van der Waals surface area contributed by atoms with Crippen LogP contribution in [0.2, 0.25) is 0 Å². The van der Waals surface area contributed by atoms with E-state index in [-0.39, 0.29) is 6.03 Å². The Bertz CT molecular complexity index is 421. The Morgan fingerprint density at radius 2 is 1.64 bits per heavy atom. The summed E-state index contributed by atoms with van der Waals surface area (Å²) in [6.45, 7) is 5.12. The van der Waals surface area contributed by atoms with Crippen molar-refractivity contribution in [1.82, 2.24) is 15.5 Å². The predicted molar refractivity (Wildman–Crippen MR) is 87.7 cm³/mol. The second-order valence-electron chi connectivity index (χ2n) is 5.09. The molecule has 2 amide bonds. The molecule has 0 saturated carbocycles. The van der Waals surface area contributed by atoms with Crippen LogP contribution in [0.1, 0.15) is 13.3 Å². The minimum absolute atomic E-state index is 0.158. The molecule has 6 nitrogen and oxygen atoms in total. The van der Waals surface area contributed by atoms with Gasteiger partial charge in [-0.15, -0.1) is 0 Å². The van der Waals surface area contributed by atoms with E-state index >= 15 is 0 Å². The number of benzene rings is 1. The summed E-state index contributed by atoms with van der Waals surface area (Å²) in [5.74, 6) is 1.58. The number of nitrogens with one attached hydrogen (secondary N) is 2. The van der Waals surface area contributed by atoms with Crippen LogP contribution >= 0.6 is 0 Å². The van der Waals surface area contributed by atoms with Crippen LogP contribution in [0.4, 0.5) is 4.79 Å². The van der Waals surface area contributed by atoms with Crippen molar-refractivity contribution in [2.75, 3.05) is 46.9 Å².